The van der Waals surface area contributed by atoms with Gasteiger partial charge < -0.3 is 69.3 Å². The normalized spacial score (nSPS) is 16.5. The van der Waals surface area contributed by atoms with Crippen LogP contribution in [0.3, 0.4) is 0 Å². The van der Waals surface area contributed by atoms with Gasteiger partial charge in [0.25, 0.3) is 0 Å². The summed E-state index contributed by atoms with van der Waals surface area (Å²) in [6.45, 7) is 12.8. The van der Waals surface area contributed by atoms with E-state index in [-0.39, 0.29) is 25.2 Å². The van der Waals surface area contributed by atoms with Gasteiger partial charge in [0.15, 0.2) is 0 Å². The molecule has 0 aliphatic rings. The van der Waals surface area contributed by atoms with Crippen LogP contribution >= 0.6 is 0 Å². The molecule has 0 radical (unpaired) electrons. The van der Waals surface area contributed by atoms with E-state index in [9.17, 15) is 63.3 Å². The molecule has 0 spiro atoms. The Morgan fingerprint density at radius 2 is 0.934 bits per heavy atom. The Kier molecular flexibility index (Phi) is 25.0. The van der Waals surface area contributed by atoms with Crippen LogP contribution in [0.15, 0.2) is 0 Å². The average Bonchev–Trinajstić information content (AvgIpc) is 3.17. The third kappa shape index (κ3) is 20.6. The lowest BCUT2D eigenvalue weighted by molar-refractivity contribution is -0.142. The Labute approximate surface area is 355 Å². The summed E-state index contributed by atoms with van der Waals surface area (Å²) in [6.07, 6.45) is -2.68. The number of carbonyl (C=O) groups excluding carboxylic acids is 9. The molecular weight excluding hydrogens is 804 g/mol. The Morgan fingerprint density at radius 1 is 0.525 bits per heavy atom. The first-order valence-electron chi connectivity index (χ1n) is 20.3. The van der Waals surface area contributed by atoms with Crippen LogP contribution in [0.25, 0.3) is 0 Å². The summed E-state index contributed by atoms with van der Waals surface area (Å²) in [5, 5.41) is 49.1. The lowest BCUT2D eigenvalue weighted by Gasteiger charge is -2.29. The monoisotopic (exact) mass is 872 g/mol. The van der Waals surface area contributed by atoms with Crippen LogP contribution in [0.5, 0.6) is 0 Å². The van der Waals surface area contributed by atoms with E-state index in [1.807, 2.05) is 13.8 Å². The van der Waals surface area contributed by atoms with Crippen LogP contribution in [-0.2, 0) is 47.9 Å². The molecule has 0 rings (SSSR count). The molecule has 0 aliphatic heterocycles. The number of primary amides is 1. The molecule has 0 heterocycles. The lowest BCUT2D eigenvalue weighted by atomic mass is 9.96. The van der Waals surface area contributed by atoms with Crippen molar-refractivity contribution in [3.63, 3.8) is 0 Å². The number of aliphatic hydroxyl groups is 2. The summed E-state index contributed by atoms with van der Waals surface area (Å²) in [7, 11) is 0. The minimum absolute atomic E-state index is 0.0269. The van der Waals surface area contributed by atoms with E-state index in [1.165, 1.54) is 20.8 Å². The third-order valence-electron chi connectivity index (χ3n) is 9.64. The van der Waals surface area contributed by atoms with E-state index in [0.717, 1.165) is 0 Å². The topological polar surface area (TPSA) is 380 Å². The van der Waals surface area contributed by atoms with Gasteiger partial charge in [0, 0.05) is 6.42 Å². The number of hydrogen-bond donors (Lipinski definition) is 13. The van der Waals surface area contributed by atoms with Crippen molar-refractivity contribution in [1.82, 2.24) is 42.5 Å². The van der Waals surface area contributed by atoms with Crippen LogP contribution in [0.4, 0.5) is 0 Å². The fourth-order valence-electron chi connectivity index (χ4n) is 5.53. The summed E-state index contributed by atoms with van der Waals surface area (Å²) in [6, 6.07) is -9.20. The SMILES string of the molecule is CC[C@H](C)[C@H](NC(=O)CNC(=O)[C@@H](NC(=O)[C@@H](NC(=O)[C@H](CC(C)C)NC(=O)[C@H](C)N)[C@@H](C)CC)[C@@H](C)O)C(=O)N[C@H](C(=O)NCC(=O)N[C@@H](CCC(N)=O)C(=O)O)[C@@H](C)O. The number of amides is 9. The van der Waals surface area contributed by atoms with Gasteiger partial charge in [-0.1, -0.05) is 54.4 Å². The average molecular weight is 873 g/mol. The van der Waals surface area contributed by atoms with Crippen molar-refractivity contribution >= 4 is 59.1 Å². The molecule has 11 atom stereocenters. The Bertz CT molecular complexity index is 1540. The van der Waals surface area contributed by atoms with Crippen LogP contribution in [0.2, 0.25) is 0 Å². The molecule has 0 aliphatic carbocycles. The second kappa shape index (κ2) is 27.4. The number of hydrogen-bond acceptors (Lipinski definition) is 13. The van der Waals surface area contributed by atoms with Crippen molar-refractivity contribution in [2.75, 3.05) is 13.1 Å². The molecule has 0 aromatic carbocycles. The maximum atomic E-state index is 13.6. The number of aliphatic carboxylic acids is 1. The van der Waals surface area contributed by atoms with E-state index >= 15 is 0 Å². The summed E-state index contributed by atoms with van der Waals surface area (Å²) in [5.74, 6) is -10.2. The number of nitrogens with one attached hydrogen (secondary N) is 8. The highest BCUT2D eigenvalue weighted by Gasteiger charge is 2.36. The van der Waals surface area contributed by atoms with E-state index in [4.69, 9.17) is 11.5 Å². The molecule has 0 saturated heterocycles. The van der Waals surface area contributed by atoms with E-state index in [1.54, 1.807) is 27.7 Å². The molecule has 0 aromatic rings. The highest BCUT2D eigenvalue weighted by Crippen LogP contribution is 2.13. The van der Waals surface area contributed by atoms with Crippen molar-refractivity contribution in [1.29, 1.82) is 0 Å². The summed E-state index contributed by atoms with van der Waals surface area (Å²) >= 11 is 0. The smallest absolute Gasteiger partial charge is 0.326 e. The van der Waals surface area contributed by atoms with Crippen molar-refractivity contribution < 1.29 is 63.3 Å². The molecule has 0 aromatic heterocycles. The molecular formula is C38H68N10O13. The van der Waals surface area contributed by atoms with E-state index in [2.05, 4.69) is 42.5 Å². The van der Waals surface area contributed by atoms with Gasteiger partial charge in [-0.25, -0.2) is 4.79 Å². The first kappa shape index (κ1) is 55.6. The Hall–Kier alpha value is -5.42. The molecule has 0 saturated carbocycles. The maximum absolute atomic E-state index is 13.6. The highest BCUT2D eigenvalue weighted by atomic mass is 16.4. The third-order valence-corrected chi connectivity index (χ3v) is 9.64. The Morgan fingerprint density at radius 3 is 1.30 bits per heavy atom. The first-order chi connectivity index (χ1) is 28.3. The molecule has 23 nitrogen and oxygen atoms in total. The standard InChI is InChI=1S/C38H68N10O13/c1-10-18(5)28(36(58)47-30(21(8)49)34(56)41-15-26(52)43-23(38(60)61)12-13-25(40)51)45-27(53)16-42-35(57)31(22(9)50)48-37(59)29(19(6)11-2)46-33(55)24(14-17(3)4)44-32(54)20(7)39/h17-24,28-31,49-50H,10-16,39H2,1-9H3,(H2,40,51)(H,41,56)(H,42,57)(H,43,52)(H,44,54)(H,45,53)(H,46,55)(H,47,58)(H,48,59)(H,60,61)/t18-,19-,20-,21+,22+,23-,24-,28-,29-,30-,31-/m0/s1. The quantitative estimate of drug-likeness (QED) is 0.0354. The molecule has 15 N–H and O–H groups in total. The van der Waals surface area contributed by atoms with Crippen molar-refractivity contribution in [3.05, 3.63) is 0 Å². The van der Waals surface area contributed by atoms with Crippen molar-refractivity contribution in [2.45, 2.75) is 149 Å². The number of carboxylic acids is 1. The zero-order valence-electron chi connectivity index (χ0n) is 36.5. The van der Waals surface area contributed by atoms with Gasteiger partial charge >= 0.3 is 5.97 Å². The van der Waals surface area contributed by atoms with E-state index < -0.39 is 139 Å². The van der Waals surface area contributed by atoms with Gasteiger partial charge in [0.2, 0.25) is 53.2 Å². The van der Waals surface area contributed by atoms with Crippen LogP contribution in [0, 0.1) is 17.8 Å². The predicted molar refractivity (Wildman–Crippen MR) is 219 cm³/mol. The zero-order chi connectivity index (χ0) is 47.3. The minimum atomic E-state index is -1.65. The molecule has 0 unspecified atom stereocenters. The molecule has 0 fully saturated rings. The number of rotatable bonds is 28. The lowest BCUT2D eigenvalue weighted by Crippen LogP contribution is -2.61. The Balaban J connectivity index is 5.80. The van der Waals surface area contributed by atoms with Gasteiger partial charge in [-0.3, -0.25) is 43.2 Å². The summed E-state index contributed by atoms with van der Waals surface area (Å²) in [5.41, 5.74) is 10.7. The maximum Gasteiger partial charge on any atom is 0.326 e. The highest BCUT2D eigenvalue weighted by molar-refractivity contribution is 5.97. The fraction of sp³-hybridized carbons (Fsp3) is 0.737. The molecule has 61 heavy (non-hydrogen) atoms. The van der Waals surface area contributed by atoms with Crippen LogP contribution in [0.1, 0.15) is 94.4 Å². The largest absolute Gasteiger partial charge is 0.480 e. The predicted octanol–water partition coefficient (Wildman–Crippen LogP) is -4.28. The second-order valence-corrected chi connectivity index (χ2v) is 15.6. The van der Waals surface area contributed by atoms with Crippen molar-refractivity contribution in [3.8, 4) is 0 Å². The van der Waals surface area contributed by atoms with Gasteiger partial charge in [-0.05, 0) is 51.4 Å². The van der Waals surface area contributed by atoms with E-state index in [0.29, 0.717) is 12.8 Å². The van der Waals surface area contributed by atoms with Crippen LogP contribution < -0.4 is 54.0 Å². The summed E-state index contributed by atoms with van der Waals surface area (Å²) < 4.78 is 0. The van der Waals surface area contributed by atoms with Gasteiger partial charge in [0.1, 0.15) is 36.3 Å². The molecule has 348 valence electrons. The van der Waals surface area contributed by atoms with Gasteiger partial charge in [-0.2, -0.15) is 0 Å². The van der Waals surface area contributed by atoms with Gasteiger partial charge in [0.05, 0.1) is 31.3 Å². The number of nitrogens with two attached hydrogens (primary N) is 2. The van der Waals surface area contributed by atoms with Crippen molar-refractivity contribution in [2.24, 2.45) is 29.2 Å². The minimum Gasteiger partial charge on any atom is -0.480 e. The van der Waals surface area contributed by atoms with Crippen LogP contribution in [-0.4, -0.2) is 142 Å². The molecule has 23 heteroatoms. The summed E-state index contributed by atoms with van der Waals surface area (Å²) in [4.78, 5) is 127. The number of carbonyl (C=O) groups is 10. The molecule has 9 amide bonds. The van der Waals surface area contributed by atoms with Gasteiger partial charge in [-0.15, -0.1) is 0 Å². The second-order valence-electron chi connectivity index (χ2n) is 15.6. The number of aliphatic hydroxyl groups excluding tert-OH is 2. The number of carboxylic acid groups (broad SMARTS) is 1. The molecule has 0 bridgehead atoms. The zero-order valence-corrected chi connectivity index (χ0v) is 36.5. The first-order valence-corrected chi connectivity index (χ1v) is 20.3. The fourth-order valence-corrected chi connectivity index (χ4v) is 5.53.